The van der Waals surface area contributed by atoms with Gasteiger partial charge >= 0.3 is 0 Å². The zero-order chi connectivity index (χ0) is 24.9. The second-order valence-electron chi connectivity index (χ2n) is 10.0. The van der Waals surface area contributed by atoms with Gasteiger partial charge in [0.05, 0.1) is 49.8 Å². The SMILES string of the molecule is Cc1cncc(N2CCC(c3nnc4n3-c3ccc(Cl)cc3CN(CC(F)(F)C3COC3)C4)CC2)n1. The molecular formula is C25H28ClF2N7O. The first-order valence-electron chi connectivity index (χ1n) is 12.3. The highest BCUT2D eigenvalue weighted by atomic mass is 35.5. The summed E-state index contributed by atoms with van der Waals surface area (Å²) in [6, 6.07) is 5.65. The van der Waals surface area contributed by atoms with E-state index in [1.165, 1.54) is 0 Å². The van der Waals surface area contributed by atoms with E-state index in [4.69, 9.17) is 16.3 Å². The van der Waals surface area contributed by atoms with Gasteiger partial charge in [-0.3, -0.25) is 14.5 Å². The van der Waals surface area contributed by atoms with E-state index in [-0.39, 0.29) is 25.7 Å². The molecule has 0 bridgehead atoms. The molecule has 8 nitrogen and oxygen atoms in total. The number of benzene rings is 1. The molecule has 2 aromatic heterocycles. The van der Waals surface area contributed by atoms with Gasteiger partial charge in [0.1, 0.15) is 11.6 Å². The van der Waals surface area contributed by atoms with Gasteiger partial charge in [0, 0.05) is 36.8 Å². The summed E-state index contributed by atoms with van der Waals surface area (Å²) in [6.07, 6.45) is 5.33. The number of nitrogens with zero attached hydrogens (tertiary/aromatic N) is 7. The number of alkyl halides is 2. The molecule has 0 unspecified atom stereocenters. The highest BCUT2D eigenvalue weighted by Crippen LogP contribution is 2.36. The predicted molar refractivity (Wildman–Crippen MR) is 131 cm³/mol. The Morgan fingerprint density at radius 2 is 1.92 bits per heavy atom. The number of fused-ring (bicyclic) bond motifs is 3. The van der Waals surface area contributed by atoms with E-state index in [1.54, 1.807) is 17.3 Å². The number of rotatable bonds is 5. The standard InChI is InChI=1S/C25H28ClF2N7O/c1-16-9-29-10-22(30-16)34-6-4-17(5-7-34)24-32-31-23-12-33(15-25(27,28)19-13-36-14-19)11-18-8-20(26)2-3-21(18)35(23)24/h2-3,8-10,17,19H,4-7,11-15H2,1H3. The van der Waals surface area contributed by atoms with Crippen LogP contribution in [0.3, 0.4) is 0 Å². The third-order valence-corrected chi connectivity index (χ3v) is 7.63. The van der Waals surface area contributed by atoms with Crippen LogP contribution in [-0.2, 0) is 17.8 Å². The van der Waals surface area contributed by atoms with Gasteiger partial charge in [0.2, 0.25) is 0 Å². The fourth-order valence-corrected chi connectivity index (χ4v) is 5.54. The summed E-state index contributed by atoms with van der Waals surface area (Å²) in [6.45, 7) is 4.13. The van der Waals surface area contributed by atoms with Crippen molar-refractivity contribution in [3.05, 3.63) is 58.5 Å². The molecule has 3 aliphatic rings. The van der Waals surface area contributed by atoms with E-state index in [0.717, 1.165) is 54.5 Å². The second-order valence-corrected chi connectivity index (χ2v) is 10.4. The lowest BCUT2D eigenvalue weighted by molar-refractivity contribution is -0.179. The van der Waals surface area contributed by atoms with Crippen LogP contribution in [0.5, 0.6) is 0 Å². The Morgan fingerprint density at radius 3 is 2.64 bits per heavy atom. The second kappa shape index (κ2) is 9.32. The topological polar surface area (TPSA) is 72.2 Å². The molecule has 11 heteroatoms. The maximum absolute atomic E-state index is 14.9. The predicted octanol–water partition coefficient (Wildman–Crippen LogP) is 4.00. The first-order chi connectivity index (χ1) is 17.4. The largest absolute Gasteiger partial charge is 0.380 e. The Bertz CT molecular complexity index is 1260. The Labute approximate surface area is 213 Å². The molecule has 0 radical (unpaired) electrons. The van der Waals surface area contributed by atoms with E-state index < -0.39 is 11.8 Å². The number of piperidine rings is 1. The summed E-state index contributed by atoms with van der Waals surface area (Å²) in [5, 5.41) is 9.67. The molecule has 36 heavy (non-hydrogen) atoms. The summed E-state index contributed by atoms with van der Waals surface area (Å²) in [7, 11) is 0. The van der Waals surface area contributed by atoms with Crippen molar-refractivity contribution in [2.24, 2.45) is 5.92 Å². The lowest BCUT2D eigenvalue weighted by atomic mass is 9.95. The zero-order valence-electron chi connectivity index (χ0n) is 20.1. The van der Waals surface area contributed by atoms with Gasteiger partial charge < -0.3 is 9.64 Å². The molecule has 3 aromatic rings. The molecule has 2 saturated heterocycles. The number of halogens is 3. The molecule has 0 aliphatic carbocycles. The van der Waals surface area contributed by atoms with Crippen molar-refractivity contribution in [2.45, 2.75) is 44.7 Å². The van der Waals surface area contributed by atoms with Crippen molar-refractivity contribution in [1.82, 2.24) is 29.6 Å². The van der Waals surface area contributed by atoms with E-state index in [1.807, 2.05) is 25.1 Å². The quantitative estimate of drug-likeness (QED) is 0.508. The van der Waals surface area contributed by atoms with Crippen LogP contribution in [0.25, 0.3) is 5.69 Å². The third kappa shape index (κ3) is 4.46. The van der Waals surface area contributed by atoms with Crippen molar-refractivity contribution in [2.75, 3.05) is 37.7 Å². The fourth-order valence-electron chi connectivity index (χ4n) is 5.34. The Hall–Kier alpha value is -2.69. The Kier molecular flexibility index (Phi) is 6.13. The van der Waals surface area contributed by atoms with Crippen LogP contribution >= 0.6 is 11.6 Å². The van der Waals surface area contributed by atoms with E-state index >= 15 is 0 Å². The molecule has 1 aromatic carbocycles. The van der Waals surface area contributed by atoms with Gasteiger partial charge in [0.25, 0.3) is 5.92 Å². The number of ether oxygens (including phenoxy) is 1. The molecule has 5 heterocycles. The van der Waals surface area contributed by atoms with Crippen LogP contribution in [0.15, 0.2) is 30.6 Å². The average Bonchev–Trinajstić information content (AvgIpc) is 3.14. The summed E-state index contributed by atoms with van der Waals surface area (Å²) >= 11 is 6.33. The minimum Gasteiger partial charge on any atom is -0.380 e. The molecule has 6 rings (SSSR count). The summed E-state index contributed by atoms with van der Waals surface area (Å²) in [5.41, 5.74) is 2.71. The first kappa shape index (κ1) is 23.7. The van der Waals surface area contributed by atoms with E-state index in [0.29, 0.717) is 23.9 Å². The van der Waals surface area contributed by atoms with Gasteiger partial charge in [0.15, 0.2) is 5.82 Å². The Morgan fingerprint density at radius 1 is 1.11 bits per heavy atom. The molecule has 0 atom stereocenters. The maximum atomic E-state index is 14.9. The first-order valence-corrected chi connectivity index (χ1v) is 12.7. The molecule has 0 saturated carbocycles. The van der Waals surface area contributed by atoms with Crippen LogP contribution in [0, 0.1) is 12.8 Å². The minimum absolute atomic E-state index is 0.108. The van der Waals surface area contributed by atoms with Crippen LogP contribution in [0.4, 0.5) is 14.6 Å². The summed E-state index contributed by atoms with van der Waals surface area (Å²) in [5.74, 6) is -0.925. The average molecular weight is 516 g/mol. The van der Waals surface area contributed by atoms with Gasteiger partial charge in [-0.1, -0.05) is 11.6 Å². The summed E-state index contributed by atoms with van der Waals surface area (Å²) in [4.78, 5) is 12.9. The lowest BCUT2D eigenvalue weighted by Gasteiger charge is -2.36. The normalized spacial score (nSPS) is 19.5. The highest BCUT2D eigenvalue weighted by Gasteiger charge is 2.45. The Balaban J connectivity index is 1.27. The number of aromatic nitrogens is 5. The van der Waals surface area contributed by atoms with Gasteiger partial charge in [-0.05, 0) is 43.5 Å². The van der Waals surface area contributed by atoms with E-state index in [9.17, 15) is 8.78 Å². The van der Waals surface area contributed by atoms with E-state index in [2.05, 4.69) is 29.6 Å². The summed E-state index contributed by atoms with van der Waals surface area (Å²) < 4.78 is 36.9. The van der Waals surface area contributed by atoms with Crippen molar-refractivity contribution in [1.29, 1.82) is 0 Å². The van der Waals surface area contributed by atoms with Crippen molar-refractivity contribution >= 4 is 17.4 Å². The number of hydrogen-bond donors (Lipinski definition) is 0. The lowest BCUT2D eigenvalue weighted by Crippen LogP contribution is -2.49. The van der Waals surface area contributed by atoms with Crippen molar-refractivity contribution in [3.63, 3.8) is 0 Å². The molecule has 0 amide bonds. The minimum atomic E-state index is -2.83. The maximum Gasteiger partial charge on any atom is 0.267 e. The van der Waals surface area contributed by atoms with Crippen molar-refractivity contribution < 1.29 is 13.5 Å². The number of hydrogen-bond acceptors (Lipinski definition) is 7. The van der Waals surface area contributed by atoms with Gasteiger partial charge in [-0.15, -0.1) is 10.2 Å². The zero-order valence-corrected chi connectivity index (χ0v) is 20.8. The smallest absolute Gasteiger partial charge is 0.267 e. The monoisotopic (exact) mass is 515 g/mol. The molecule has 0 spiro atoms. The van der Waals surface area contributed by atoms with Crippen LogP contribution < -0.4 is 4.90 Å². The third-order valence-electron chi connectivity index (χ3n) is 7.39. The van der Waals surface area contributed by atoms with Gasteiger partial charge in [-0.25, -0.2) is 13.8 Å². The number of aryl methyl sites for hydroxylation is 1. The van der Waals surface area contributed by atoms with Crippen LogP contribution in [0.1, 0.15) is 41.7 Å². The molecule has 2 fully saturated rings. The van der Waals surface area contributed by atoms with Crippen LogP contribution in [-0.4, -0.2) is 68.4 Å². The molecular weight excluding hydrogens is 488 g/mol. The molecule has 0 N–H and O–H groups in total. The molecule has 3 aliphatic heterocycles. The van der Waals surface area contributed by atoms with Crippen LogP contribution in [0.2, 0.25) is 5.02 Å². The molecule has 190 valence electrons. The van der Waals surface area contributed by atoms with Crippen molar-refractivity contribution in [3.8, 4) is 5.69 Å². The van der Waals surface area contributed by atoms with Gasteiger partial charge in [-0.2, -0.15) is 0 Å². The highest BCUT2D eigenvalue weighted by molar-refractivity contribution is 6.30. The number of anilines is 1. The fraction of sp³-hybridized carbons (Fsp3) is 0.520.